The molecule has 0 unspecified atom stereocenters. The molecule has 3 nitrogen and oxygen atoms in total. The molecule has 2 saturated carbocycles. The number of nitrogens with zero attached hydrogens (tertiary/aromatic N) is 1. The molecule has 4 rings (SSSR count). The predicted molar refractivity (Wildman–Crippen MR) is 80.7 cm³/mol. The van der Waals surface area contributed by atoms with Crippen LogP contribution in [0.15, 0.2) is 11.4 Å². The summed E-state index contributed by atoms with van der Waals surface area (Å²) in [4.78, 5) is 16.1. The fourth-order valence-electron chi connectivity index (χ4n) is 3.41. The normalized spacial score (nSPS) is 22.9. The molecule has 3 aliphatic rings. The van der Waals surface area contributed by atoms with E-state index in [0.29, 0.717) is 12.6 Å². The molecule has 0 spiro atoms. The van der Waals surface area contributed by atoms with Gasteiger partial charge in [0.2, 0.25) is 5.91 Å². The molecule has 0 bridgehead atoms. The van der Waals surface area contributed by atoms with Crippen molar-refractivity contribution in [3.05, 3.63) is 21.9 Å². The van der Waals surface area contributed by atoms with E-state index in [4.69, 9.17) is 0 Å². The number of carbonyl (C=O) groups excluding carboxylic acids is 1. The first-order chi connectivity index (χ1) is 9.79. The lowest BCUT2D eigenvalue weighted by Gasteiger charge is -2.27. The van der Waals surface area contributed by atoms with Gasteiger partial charge < -0.3 is 5.32 Å². The Kier molecular flexibility index (Phi) is 3.31. The van der Waals surface area contributed by atoms with Crippen LogP contribution in [0.3, 0.4) is 0 Å². The van der Waals surface area contributed by atoms with Gasteiger partial charge in [-0.1, -0.05) is 0 Å². The summed E-state index contributed by atoms with van der Waals surface area (Å²) in [6.07, 6.45) is 6.40. The molecule has 1 aliphatic heterocycles. The van der Waals surface area contributed by atoms with Crippen molar-refractivity contribution in [1.82, 2.24) is 10.2 Å². The van der Waals surface area contributed by atoms with E-state index in [1.54, 1.807) is 0 Å². The molecule has 2 heterocycles. The van der Waals surface area contributed by atoms with Gasteiger partial charge in [0.15, 0.2) is 0 Å². The van der Waals surface area contributed by atoms with Crippen LogP contribution in [0.1, 0.15) is 36.1 Å². The number of amides is 1. The van der Waals surface area contributed by atoms with E-state index in [9.17, 15) is 4.79 Å². The molecule has 0 radical (unpaired) electrons. The van der Waals surface area contributed by atoms with Crippen molar-refractivity contribution in [1.29, 1.82) is 0 Å². The van der Waals surface area contributed by atoms with Crippen molar-refractivity contribution >= 4 is 17.2 Å². The van der Waals surface area contributed by atoms with Crippen LogP contribution < -0.4 is 5.32 Å². The van der Waals surface area contributed by atoms with Crippen LogP contribution in [0.2, 0.25) is 0 Å². The third-order valence-corrected chi connectivity index (χ3v) is 5.86. The van der Waals surface area contributed by atoms with E-state index in [1.165, 1.54) is 36.1 Å². The van der Waals surface area contributed by atoms with Crippen LogP contribution in [0, 0.1) is 11.8 Å². The molecule has 0 aromatic carbocycles. The topological polar surface area (TPSA) is 32.3 Å². The van der Waals surface area contributed by atoms with E-state index < -0.39 is 0 Å². The Morgan fingerprint density at radius 2 is 2.10 bits per heavy atom. The first-order valence-corrected chi connectivity index (χ1v) is 8.74. The molecular weight excluding hydrogens is 268 g/mol. The van der Waals surface area contributed by atoms with Crippen molar-refractivity contribution in [3.8, 4) is 0 Å². The van der Waals surface area contributed by atoms with Gasteiger partial charge in [0.05, 0.1) is 6.54 Å². The number of nitrogens with one attached hydrogen (secondary N) is 1. The summed E-state index contributed by atoms with van der Waals surface area (Å²) < 4.78 is 0. The number of hydrogen-bond acceptors (Lipinski definition) is 3. The van der Waals surface area contributed by atoms with Crippen LogP contribution >= 0.6 is 11.3 Å². The zero-order valence-corrected chi connectivity index (χ0v) is 12.6. The van der Waals surface area contributed by atoms with Gasteiger partial charge in [-0.2, -0.15) is 0 Å². The third kappa shape index (κ3) is 2.77. The maximum atomic E-state index is 12.3. The molecule has 1 N–H and O–H groups in total. The number of rotatable bonds is 5. The Bertz CT molecular complexity index is 492. The summed E-state index contributed by atoms with van der Waals surface area (Å²) in [6.45, 7) is 2.55. The summed E-state index contributed by atoms with van der Waals surface area (Å²) in [7, 11) is 0. The molecule has 0 atom stereocenters. The second-order valence-electron chi connectivity index (χ2n) is 6.60. The Morgan fingerprint density at radius 3 is 2.80 bits per heavy atom. The van der Waals surface area contributed by atoms with E-state index in [-0.39, 0.29) is 5.91 Å². The van der Waals surface area contributed by atoms with Crippen LogP contribution in [-0.4, -0.2) is 29.9 Å². The van der Waals surface area contributed by atoms with Gasteiger partial charge in [0.25, 0.3) is 0 Å². The fraction of sp³-hybridized carbons (Fsp3) is 0.688. The predicted octanol–water partition coefficient (Wildman–Crippen LogP) is 2.41. The van der Waals surface area contributed by atoms with Crippen molar-refractivity contribution in [2.75, 3.05) is 13.1 Å². The van der Waals surface area contributed by atoms with Gasteiger partial charge in [-0.3, -0.25) is 9.69 Å². The number of fused-ring (bicyclic) bond motifs is 1. The maximum absolute atomic E-state index is 12.3. The van der Waals surface area contributed by atoms with E-state index in [2.05, 4.69) is 21.7 Å². The molecule has 1 aromatic heterocycles. The van der Waals surface area contributed by atoms with Gasteiger partial charge in [-0.05, 0) is 60.9 Å². The fourth-order valence-corrected chi connectivity index (χ4v) is 4.30. The van der Waals surface area contributed by atoms with E-state index >= 15 is 0 Å². The van der Waals surface area contributed by atoms with Crippen molar-refractivity contribution in [3.63, 3.8) is 0 Å². The van der Waals surface area contributed by atoms with Crippen molar-refractivity contribution in [2.45, 2.75) is 44.7 Å². The Morgan fingerprint density at radius 1 is 1.35 bits per heavy atom. The lowest BCUT2D eigenvalue weighted by molar-refractivity contribution is -0.123. The summed E-state index contributed by atoms with van der Waals surface area (Å²) in [6, 6.07) is 2.70. The van der Waals surface area contributed by atoms with Gasteiger partial charge in [-0.25, -0.2) is 0 Å². The summed E-state index contributed by atoms with van der Waals surface area (Å²) >= 11 is 1.85. The minimum atomic E-state index is 0.243. The van der Waals surface area contributed by atoms with E-state index in [0.717, 1.165) is 31.3 Å². The van der Waals surface area contributed by atoms with Gasteiger partial charge in [-0.15, -0.1) is 11.3 Å². The molecule has 1 amide bonds. The zero-order chi connectivity index (χ0) is 13.5. The molecular formula is C16H22N2OS. The lowest BCUT2D eigenvalue weighted by atomic mass is 10.1. The summed E-state index contributed by atoms with van der Waals surface area (Å²) in [5, 5.41) is 5.50. The molecule has 20 heavy (non-hydrogen) atoms. The second-order valence-corrected chi connectivity index (χ2v) is 7.60. The molecule has 0 saturated heterocycles. The van der Waals surface area contributed by atoms with Crippen LogP contribution in [0.25, 0.3) is 0 Å². The van der Waals surface area contributed by atoms with Gasteiger partial charge in [0.1, 0.15) is 0 Å². The minimum Gasteiger partial charge on any atom is -0.352 e. The largest absolute Gasteiger partial charge is 0.352 e. The smallest absolute Gasteiger partial charge is 0.234 e. The Balaban J connectivity index is 1.31. The third-order valence-electron chi connectivity index (χ3n) is 4.84. The summed E-state index contributed by atoms with van der Waals surface area (Å²) in [5.74, 6) is 1.82. The molecule has 2 aliphatic carbocycles. The van der Waals surface area contributed by atoms with Gasteiger partial charge >= 0.3 is 0 Å². The first-order valence-electron chi connectivity index (χ1n) is 7.86. The lowest BCUT2D eigenvalue weighted by Crippen LogP contribution is -2.45. The standard InChI is InChI=1S/C16H22N2OS/c19-15(17-16(11-1-2-11)12-3-4-12)10-18-7-5-14-13(9-18)6-8-20-14/h6,8,11-12,16H,1-5,7,9-10H2,(H,17,19). The highest BCUT2D eigenvalue weighted by molar-refractivity contribution is 7.10. The van der Waals surface area contributed by atoms with Crippen molar-refractivity contribution < 1.29 is 4.79 Å². The van der Waals surface area contributed by atoms with Gasteiger partial charge in [0, 0.05) is 24.0 Å². The number of thiophene rings is 1. The van der Waals surface area contributed by atoms with Crippen LogP contribution in [0.4, 0.5) is 0 Å². The summed E-state index contributed by atoms with van der Waals surface area (Å²) in [5.41, 5.74) is 1.43. The highest BCUT2D eigenvalue weighted by Gasteiger charge is 2.42. The maximum Gasteiger partial charge on any atom is 0.234 e. The molecule has 108 valence electrons. The Labute approximate surface area is 124 Å². The van der Waals surface area contributed by atoms with E-state index in [1.807, 2.05) is 11.3 Å². The Hall–Kier alpha value is -0.870. The average molecular weight is 290 g/mol. The highest BCUT2D eigenvalue weighted by Crippen LogP contribution is 2.44. The molecule has 4 heteroatoms. The SMILES string of the molecule is O=C(CN1CCc2sccc2C1)NC(C1CC1)C1CC1. The van der Waals surface area contributed by atoms with Crippen LogP contribution in [-0.2, 0) is 17.8 Å². The highest BCUT2D eigenvalue weighted by atomic mass is 32.1. The quantitative estimate of drug-likeness (QED) is 0.903. The van der Waals surface area contributed by atoms with Crippen molar-refractivity contribution in [2.24, 2.45) is 11.8 Å². The molecule has 1 aromatic rings. The first kappa shape index (κ1) is 12.8. The molecule has 2 fully saturated rings. The number of hydrogen-bond donors (Lipinski definition) is 1. The second kappa shape index (κ2) is 5.15. The zero-order valence-electron chi connectivity index (χ0n) is 11.8. The average Bonchev–Trinajstić information content (AvgIpc) is 3.34. The monoisotopic (exact) mass is 290 g/mol. The minimum absolute atomic E-state index is 0.243. The van der Waals surface area contributed by atoms with Crippen LogP contribution in [0.5, 0.6) is 0 Å². The number of carbonyl (C=O) groups is 1.